The number of aromatic nitrogens is 1. The first-order valence-electron chi connectivity index (χ1n) is 7.06. The van der Waals surface area contributed by atoms with E-state index in [2.05, 4.69) is 15.7 Å². The number of hydrogen-bond donors (Lipinski definition) is 4. The summed E-state index contributed by atoms with van der Waals surface area (Å²) in [6.07, 6.45) is 5.29. The molecule has 0 saturated heterocycles. The lowest BCUT2D eigenvalue weighted by atomic mass is 9.74. The van der Waals surface area contributed by atoms with Gasteiger partial charge in [0.05, 0.1) is 23.7 Å². The molecule has 8 nitrogen and oxygen atoms in total. The standard InChI is InChI=1S/C13H21N5O3/c14-17-12-7-10(18(20)21)6-11(16-12)15-8-13(9-19)4-2-1-3-5-13/h6-7,19H,1-5,8-9,14H2,(H2,15,16,17). The largest absolute Gasteiger partial charge is 0.396 e. The van der Waals surface area contributed by atoms with E-state index in [4.69, 9.17) is 5.84 Å². The van der Waals surface area contributed by atoms with Crippen molar-refractivity contribution in [2.24, 2.45) is 11.3 Å². The van der Waals surface area contributed by atoms with Crippen LogP contribution in [0.2, 0.25) is 0 Å². The van der Waals surface area contributed by atoms with Crippen LogP contribution in [-0.4, -0.2) is 28.2 Å². The first-order chi connectivity index (χ1) is 10.1. The summed E-state index contributed by atoms with van der Waals surface area (Å²) < 4.78 is 0. The number of rotatable bonds is 6. The number of nitrogens with one attached hydrogen (secondary N) is 2. The highest BCUT2D eigenvalue weighted by atomic mass is 16.6. The topological polar surface area (TPSA) is 126 Å². The van der Waals surface area contributed by atoms with Gasteiger partial charge >= 0.3 is 0 Å². The molecule has 0 amide bonds. The van der Waals surface area contributed by atoms with Gasteiger partial charge in [0.15, 0.2) is 0 Å². The second-order valence-electron chi connectivity index (χ2n) is 5.57. The molecule has 1 aliphatic rings. The van der Waals surface area contributed by atoms with E-state index >= 15 is 0 Å². The molecular formula is C13H21N5O3. The summed E-state index contributed by atoms with van der Waals surface area (Å²) in [6.45, 7) is 0.651. The zero-order chi connectivity index (χ0) is 15.3. The van der Waals surface area contributed by atoms with Gasteiger partial charge in [-0.05, 0) is 12.8 Å². The summed E-state index contributed by atoms with van der Waals surface area (Å²) in [5, 5.41) is 23.7. The molecule has 1 fully saturated rings. The predicted molar refractivity (Wildman–Crippen MR) is 79.8 cm³/mol. The molecule has 1 aliphatic carbocycles. The number of aliphatic hydroxyl groups excluding tert-OH is 1. The first-order valence-corrected chi connectivity index (χ1v) is 7.06. The van der Waals surface area contributed by atoms with Gasteiger partial charge in [-0.15, -0.1) is 0 Å². The second-order valence-corrected chi connectivity index (χ2v) is 5.57. The normalized spacial score (nSPS) is 17.2. The molecule has 0 aliphatic heterocycles. The Bertz CT molecular complexity index is 503. The molecule has 8 heteroatoms. The molecule has 0 aromatic carbocycles. The number of nitrogens with zero attached hydrogens (tertiary/aromatic N) is 2. The highest BCUT2D eigenvalue weighted by Gasteiger charge is 2.31. The van der Waals surface area contributed by atoms with Crippen molar-refractivity contribution in [3.8, 4) is 0 Å². The third-order valence-electron chi connectivity index (χ3n) is 4.06. The van der Waals surface area contributed by atoms with Crippen molar-refractivity contribution < 1.29 is 10.0 Å². The van der Waals surface area contributed by atoms with Crippen molar-refractivity contribution in [2.45, 2.75) is 32.1 Å². The average molecular weight is 295 g/mol. The SMILES string of the molecule is NNc1cc([N+](=O)[O-])cc(NCC2(CO)CCCCC2)n1. The van der Waals surface area contributed by atoms with Crippen LogP contribution in [0.4, 0.5) is 17.3 Å². The maximum absolute atomic E-state index is 10.9. The van der Waals surface area contributed by atoms with Crippen LogP contribution in [0.3, 0.4) is 0 Å². The minimum atomic E-state index is -0.490. The van der Waals surface area contributed by atoms with Crippen LogP contribution >= 0.6 is 0 Å². The van der Waals surface area contributed by atoms with E-state index in [0.717, 1.165) is 25.7 Å². The lowest BCUT2D eigenvalue weighted by Crippen LogP contribution is -2.35. The van der Waals surface area contributed by atoms with Crippen molar-refractivity contribution >= 4 is 17.3 Å². The van der Waals surface area contributed by atoms with Gasteiger partial charge in [0.2, 0.25) is 0 Å². The van der Waals surface area contributed by atoms with Crippen LogP contribution in [0.5, 0.6) is 0 Å². The van der Waals surface area contributed by atoms with Crippen LogP contribution in [0.25, 0.3) is 0 Å². The van der Waals surface area contributed by atoms with Crippen LogP contribution in [0, 0.1) is 15.5 Å². The summed E-state index contributed by atoms with van der Waals surface area (Å²) in [6, 6.07) is 2.64. The zero-order valence-corrected chi connectivity index (χ0v) is 11.8. The van der Waals surface area contributed by atoms with Crippen LogP contribution in [0.15, 0.2) is 12.1 Å². The summed E-state index contributed by atoms with van der Waals surface area (Å²) >= 11 is 0. The van der Waals surface area contributed by atoms with Gasteiger partial charge in [-0.25, -0.2) is 10.8 Å². The Morgan fingerprint density at radius 3 is 2.57 bits per heavy atom. The fourth-order valence-corrected chi connectivity index (χ4v) is 2.76. The van der Waals surface area contributed by atoms with Crippen molar-refractivity contribution in [2.75, 3.05) is 23.9 Å². The van der Waals surface area contributed by atoms with Gasteiger partial charge in [-0.3, -0.25) is 10.1 Å². The molecule has 1 aromatic rings. The molecule has 1 heterocycles. The summed E-state index contributed by atoms with van der Waals surface area (Å²) in [4.78, 5) is 14.5. The molecule has 0 unspecified atom stereocenters. The van der Waals surface area contributed by atoms with Gasteiger partial charge in [-0.2, -0.15) is 0 Å². The number of pyridine rings is 1. The molecule has 1 saturated carbocycles. The maximum atomic E-state index is 10.9. The van der Waals surface area contributed by atoms with Crippen molar-refractivity contribution in [1.29, 1.82) is 0 Å². The summed E-state index contributed by atoms with van der Waals surface area (Å²) in [5.41, 5.74) is 2.07. The van der Waals surface area contributed by atoms with Gasteiger partial charge in [-0.1, -0.05) is 19.3 Å². The molecule has 0 atom stereocenters. The van der Waals surface area contributed by atoms with Gasteiger partial charge in [0.25, 0.3) is 5.69 Å². The molecule has 0 spiro atoms. The number of anilines is 2. The smallest absolute Gasteiger partial charge is 0.276 e. The number of hydrazine groups is 1. The fraction of sp³-hybridized carbons (Fsp3) is 0.615. The van der Waals surface area contributed by atoms with Crippen molar-refractivity contribution in [1.82, 2.24) is 4.98 Å². The molecule has 0 radical (unpaired) electrons. The van der Waals surface area contributed by atoms with E-state index in [-0.39, 0.29) is 23.5 Å². The Kier molecular flexibility index (Phi) is 4.92. The van der Waals surface area contributed by atoms with Crippen molar-refractivity contribution in [3.05, 3.63) is 22.2 Å². The Hall–Kier alpha value is -1.93. The lowest BCUT2D eigenvalue weighted by Gasteiger charge is -2.35. The van der Waals surface area contributed by atoms with Gasteiger partial charge in [0.1, 0.15) is 11.6 Å². The number of nitrogen functional groups attached to an aromatic ring is 1. The van der Waals surface area contributed by atoms with E-state index in [0.29, 0.717) is 12.4 Å². The van der Waals surface area contributed by atoms with Crippen LogP contribution in [-0.2, 0) is 0 Å². The highest BCUT2D eigenvalue weighted by Crippen LogP contribution is 2.36. The fourth-order valence-electron chi connectivity index (χ4n) is 2.76. The second kappa shape index (κ2) is 6.68. The maximum Gasteiger partial charge on any atom is 0.276 e. The Morgan fingerprint density at radius 2 is 2.00 bits per heavy atom. The summed E-state index contributed by atoms with van der Waals surface area (Å²) in [7, 11) is 0. The van der Waals surface area contributed by atoms with E-state index in [1.807, 2.05) is 0 Å². The number of hydrogen-bond acceptors (Lipinski definition) is 7. The highest BCUT2D eigenvalue weighted by molar-refractivity contribution is 5.54. The molecule has 5 N–H and O–H groups in total. The minimum Gasteiger partial charge on any atom is -0.396 e. The van der Waals surface area contributed by atoms with Gasteiger partial charge in [0, 0.05) is 12.0 Å². The average Bonchev–Trinajstić information content (AvgIpc) is 2.53. The molecule has 116 valence electrons. The van der Waals surface area contributed by atoms with Crippen LogP contribution < -0.4 is 16.6 Å². The Morgan fingerprint density at radius 1 is 1.33 bits per heavy atom. The number of nitrogens with two attached hydrogens (primary N) is 1. The first kappa shape index (κ1) is 15.5. The lowest BCUT2D eigenvalue weighted by molar-refractivity contribution is -0.384. The van der Waals surface area contributed by atoms with E-state index in [1.54, 1.807) is 0 Å². The van der Waals surface area contributed by atoms with Crippen molar-refractivity contribution in [3.63, 3.8) is 0 Å². The molecular weight excluding hydrogens is 274 g/mol. The van der Waals surface area contributed by atoms with E-state index in [9.17, 15) is 15.2 Å². The zero-order valence-electron chi connectivity index (χ0n) is 11.8. The third kappa shape index (κ3) is 3.79. The molecule has 0 bridgehead atoms. The third-order valence-corrected chi connectivity index (χ3v) is 4.06. The van der Waals surface area contributed by atoms with Gasteiger partial charge < -0.3 is 15.8 Å². The molecule has 1 aromatic heterocycles. The molecule has 21 heavy (non-hydrogen) atoms. The minimum absolute atomic E-state index is 0.0813. The Labute approximate surface area is 122 Å². The monoisotopic (exact) mass is 295 g/mol. The number of aliphatic hydroxyl groups is 1. The molecule has 2 rings (SSSR count). The number of nitro groups is 1. The Balaban J connectivity index is 2.11. The summed E-state index contributed by atoms with van der Waals surface area (Å²) in [5.74, 6) is 5.89. The quantitative estimate of drug-likeness (QED) is 0.357. The van der Waals surface area contributed by atoms with E-state index in [1.165, 1.54) is 18.6 Å². The van der Waals surface area contributed by atoms with Crippen LogP contribution in [0.1, 0.15) is 32.1 Å². The predicted octanol–water partition coefficient (Wildman–Crippen LogP) is 1.63. The van der Waals surface area contributed by atoms with E-state index < -0.39 is 4.92 Å².